The van der Waals surface area contributed by atoms with Crippen LogP contribution in [0.5, 0.6) is 5.75 Å². The molecule has 0 aromatic heterocycles. The highest BCUT2D eigenvalue weighted by Crippen LogP contribution is 2.35. The lowest BCUT2D eigenvalue weighted by atomic mass is 9.90. The average molecular weight is 299 g/mol. The van der Waals surface area contributed by atoms with E-state index in [1.165, 1.54) is 11.1 Å². The molecule has 1 aliphatic rings. The Labute approximate surface area is 126 Å². The zero-order chi connectivity index (χ0) is 14.7. The van der Waals surface area contributed by atoms with Crippen LogP contribution in [-0.4, -0.2) is 37.9 Å². The summed E-state index contributed by atoms with van der Waals surface area (Å²) in [4.78, 5) is 0. The number of aryl methyl sites for hydroxylation is 2. The number of halogens is 1. The second kappa shape index (κ2) is 6.79. The molecule has 20 heavy (non-hydrogen) atoms. The molecular formula is C16H23ClO3. The van der Waals surface area contributed by atoms with Crippen molar-refractivity contribution in [3.8, 4) is 5.75 Å². The fourth-order valence-electron chi connectivity index (χ4n) is 2.38. The van der Waals surface area contributed by atoms with Gasteiger partial charge in [-0.05, 0) is 37.5 Å². The fraction of sp³-hybridized carbons (Fsp3) is 0.625. The van der Waals surface area contributed by atoms with Crippen LogP contribution in [0.1, 0.15) is 23.1 Å². The van der Waals surface area contributed by atoms with E-state index in [0.29, 0.717) is 13.2 Å². The van der Waals surface area contributed by atoms with Crippen molar-refractivity contribution in [2.75, 3.05) is 20.3 Å². The summed E-state index contributed by atoms with van der Waals surface area (Å²) in [7, 11) is 1.66. The summed E-state index contributed by atoms with van der Waals surface area (Å²) in [5, 5.41) is 0.0299. The van der Waals surface area contributed by atoms with Crippen LogP contribution in [0.3, 0.4) is 0 Å². The predicted molar refractivity (Wildman–Crippen MR) is 80.9 cm³/mol. The first kappa shape index (κ1) is 15.6. The van der Waals surface area contributed by atoms with E-state index in [1.807, 2.05) is 0 Å². The van der Waals surface area contributed by atoms with Gasteiger partial charge in [-0.25, -0.2) is 0 Å². The molecule has 0 bridgehead atoms. The third-order valence-corrected chi connectivity index (χ3v) is 4.35. The van der Waals surface area contributed by atoms with Crippen LogP contribution in [0.15, 0.2) is 12.1 Å². The molecule has 0 N–H and O–H groups in total. The van der Waals surface area contributed by atoms with Crippen LogP contribution in [0.4, 0.5) is 0 Å². The van der Waals surface area contributed by atoms with E-state index < -0.39 is 0 Å². The number of rotatable bonds is 6. The Bertz CT molecular complexity index is 461. The molecule has 3 unspecified atom stereocenters. The maximum atomic E-state index is 6.22. The van der Waals surface area contributed by atoms with Gasteiger partial charge in [-0.3, -0.25) is 0 Å². The van der Waals surface area contributed by atoms with Crippen molar-refractivity contribution < 1.29 is 14.2 Å². The first-order valence-electron chi connectivity index (χ1n) is 7.02. The SMILES string of the molecule is COCCOC1C(Cl)CC1Oc1c(C)ccc(C)c1C. The smallest absolute Gasteiger partial charge is 0.128 e. The van der Waals surface area contributed by atoms with Crippen LogP contribution in [0, 0.1) is 20.8 Å². The van der Waals surface area contributed by atoms with Gasteiger partial charge in [-0.2, -0.15) is 0 Å². The Morgan fingerprint density at radius 1 is 1.15 bits per heavy atom. The molecule has 4 heteroatoms. The Balaban J connectivity index is 2.01. The molecule has 2 rings (SSSR count). The van der Waals surface area contributed by atoms with Gasteiger partial charge in [-0.1, -0.05) is 12.1 Å². The van der Waals surface area contributed by atoms with Crippen molar-refractivity contribution in [1.82, 2.24) is 0 Å². The molecule has 1 fully saturated rings. The van der Waals surface area contributed by atoms with Gasteiger partial charge in [0.1, 0.15) is 18.0 Å². The van der Waals surface area contributed by atoms with Crippen LogP contribution in [-0.2, 0) is 9.47 Å². The minimum atomic E-state index is -0.0499. The molecular weight excluding hydrogens is 276 g/mol. The molecule has 3 atom stereocenters. The quantitative estimate of drug-likeness (QED) is 0.595. The predicted octanol–water partition coefficient (Wildman–Crippen LogP) is 3.40. The average Bonchev–Trinajstić information content (AvgIpc) is 2.42. The van der Waals surface area contributed by atoms with Crippen molar-refractivity contribution in [3.05, 3.63) is 28.8 Å². The summed E-state index contributed by atoms with van der Waals surface area (Å²) < 4.78 is 16.9. The number of ether oxygens (including phenoxy) is 3. The lowest BCUT2D eigenvalue weighted by Gasteiger charge is -2.41. The second-order valence-corrected chi connectivity index (χ2v) is 5.95. The normalized spacial score (nSPS) is 25.4. The van der Waals surface area contributed by atoms with Crippen molar-refractivity contribution >= 4 is 11.6 Å². The minimum absolute atomic E-state index is 0.0299. The molecule has 0 spiro atoms. The first-order valence-corrected chi connectivity index (χ1v) is 7.46. The lowest BCUT2D eigenvalue weighted by molar-refractivity contribution is -0.0901. The molecule has 0 saturated heterocycles. The molecule has 1 aromatic rings. The van der Waals surface area contributed by atoms with Gasteiger partial charge in [0.05, 0.1) is 18.6 Å². The molecule has 3 nitrogen and oxygen atoms in total. The number of hydrogen-bond acceptors (Lipinski definition) is 3. The van der Waals surface area contributed by atoms with E-state index in [0.717, 1.165) is 17.7 Å². The number of alkyl halides is 1. The summed E-state index contributed by atoms with van der Waals surface area (Å²) >= 11 is 6.22. The summed E-state index contributed by atoms with van der Waals surface area (Å²) in [6.07, 6.45) is 0.811. The van der Waals surface area contributed by atoms with Crippen LogP contribution in [0.2, 0.25) is 0 Å². The third-order valence-electron chi connectivity index (χ3n) is 3.92. The Morgan fingerprint density at radius 2 is 1.85 bits per heavy atom. The lowest BCUT2D eigenvalue weighted by Crippen LogP contribution is -2.53. The van der Waals surface area contributed by atoms with Crippen molar-refractivity contribution in [3.63, 3.8) is 0 Å². The Kier molecular flexibility index (Phi) is 5.30. The van der Waals surface area contributed by atoms with Gasteiger partial charge in [0, 0.05) is 13.5 Å². The van der Waals surface area contributed by atoms with Crippen molar-refractivity contribution in [2.24, 2.45) is 0 Å². The summed E-state index contributed by atoms with van der Waals surface area (Å²) in [6, 6.07) is 4.21. The first-order chi connectivity index (χ1) is 9.54. The molecule has 112 valence electrons. The molecule has 0 aliphatic heterocycles. The summed E-state index contributed by atoms with van der Waals surface area (Å²) in [5.41, 5.74) is 3.59. The van der Waals surface area contributed by atoms with Crippen molar-refractivity contribution in [2.45, 2.75) is 44.8 Å². The fourth-order valence-corrected chi connectivity index (χ4v) is 2.79. The largest absolute Gasteiger partial charge is 0.487 e. The van der Waals surface area contributed by atoms with E-state index in [9.17, 15) is 0 Å². The van der Waals surface area contributed by atoms with E-state index in [4.69, 9.17) is 25.8 Å². The van der Waals surface area contributed by atoms with Gasteiger partial charge in [0.25, 0.3) is 0 Å². The van der Waals surface area contributed by atoms with Crippen molar-refractivity contribution in [1.29, 1.82) is 0 Å². The summed E-state index contributed by atoms with van der Waals surface area (Å²) in [5.74, 6) is 0.971. The molecule has 0 amide bonds. The monoisotopic (exact) mass is 298 g/mol. The van der Waals surface area contributed by atoms with Crippen LogP contribution < -0.4 is 4.74 Å². The molecule has 0 heterocycles. The second-order valence-electron chi connectivity index (χ2n) is 5.39. The highest BCUT2D eigenvalue weighted by Gasteiger charge is 2.43. The summed E-state index contributed by atoms with van der Waals surface area (Å²) in [6.45, 7) is 7.39. The zero-order valence-electron chi connectivity index (χ0n) is 12.6. The molecule has 0 radical (unpaired) electrons. The number of benzene rings is 1. The maximum Gasteiger partial charge on any atom is 0.128 e. The highest BCUT2D eigenvalue weighted by atomic mass is 35.5. The Hall–Kier alpha value is -0.770. The highest BCUT2D eigenvalue weighted by molar-refractivity contribution is 6.21. The number of hydrogen-bond donors (Lipinski definition) is 0. The van der Waals surface area contributed by atoms with Gasteiger partial charge in [0.2, 0.25) is 0 Å². The van der Waals surface area contributed by atoms with Gasteiger partial charge in [0.15, 0.2) is 0 Å². The minimum Gasteiger partial charge on any atom is -0.487 e. The van der Waals surface area contributed by atoms with Crippen LogP contribution >= 0.6 is 11.6 Å². The van der Waals surface area contributed by atoms with E-state index in [1.54, 1.807) is 7.11 Å². The number of methoxy groups -OCH3 is 1. The van der Waals surface area contributed by atoms with E-state index in [2.05, 4.69) is 32.9 Å². The molecule has 1 aliphatic carbocycles. The maximum absolute atomic E-state index is 6.22. The topological polar surface area (TPSA) is 27.7 Å². The van der Waals surface area contributed by atoms with Crippen LogP contribution in [0.25, 0.3) is 0 Å². The molecule has 1 saturated carbocycles. The van der Waals surface area contributed by atoms with E-state index in [-0.39, 0.29) is 17.6 Å². The standard InChI is InChI=1S/C16H23ClO3/c1-10-5-6-11(2)15(12(10)3)20-14-9-13(17)16(14)19-8-7-18-4/h5-6,13-14,16H,7-9H2,1-4H3. The van der Waals surface area contributed by atoms with Gasteiger partial charge < -0.3 is 14.2 Å². The third kappa shape index (κ3) is 3.27. The van der Waals surface area contributed by atoms with Gasteiger partial charge in [-0.15, -0.1) is 11.6 Å². The van der Waals surface area contributed by atoms with Gasteiger partial charge >= 0.3 is 0 Å². The zero-order valence-corrected chi connectivity index (χ0v) is 13.4. The molecule has 1 aromatic carbocycles. The van der Waals surface area contributed by atoms with E-state index >= 15 is 0 Å². The Morgan fingerprint density at radius 3 is 2.50 bits per heavy atom.